The molecule has 2 heterocycles. The Morgan fingerprint density at radius 2 is 1.79 bits per heavy atom. The Kier molecular flexibility index (Phi) is 3.71. The van der Waals surface area contributed by atoms with E-state index in [4.69, 9.17) is 0 Å². The maximum Gasteiger partial charge on any atom is 0.0564 e. The van der Waals surface area contributed by atoms with Crippen molar-refractivity contribution in [1.29, 1.82) is 0 Å². The molecule has 0 spiro atoms. The normalized spacial score (nSPS) is 33.4. The fourth-order valence-electron chi connectivity index (χ4n) is 2.48. The summed E-state index contributed by atoms with van der Waals surface area (Å²) in [5, 5.41) is 9.43. The molecule has 82 valence electrons. The van der Waals surface area contributed by atoms with Crippen molar-refractivity contribution in [3.05, 3.63) is 0 Å². The van der Waals surface area contributed by atoms with Gasteiger partial charge in [0.2, 0.25) is 0 Å². The number of aliphatic hydroxyl groups is 1. The zero-order valence-corrected chi connectivity index (χ0v) is 9.49. The van der Waals surface area contributed by atoms with Crippen LogP contribution in [0.4, 0.5) is 0 Å². The smallest absolute Gasteiger partial charge is 0.0564 e. The Hall–Kier alpha value is 0.230. The number of aliphatic hydroxyl groups excluding tert-OH is 1. The number of likely N-dealkylation sites (tertiary alicyclic amines) is 1. The first-order valence-corrected chi connectivity index (χ1v) is 6.01. The summed E-state index contributed by atoms with van der Waals surface area (Å²) in [7, 11) is 0. The van der Waals surface area contributed by atoms with Crippen molar-refractivity contribution in [3.8, 4) is 0 Å². The lowest BCUT2D eigenvalue weighted by molar-refractivity contribution is 0.0469. The Morgan fingerprint density at radius 3 is 2.43 bits per heavy atom. The molecule has 0 aromatic carbocycles. The van der Waals surface area contributed by atoms with E-state index in [0.29, 0.717) is 6.04 Å². The number of nitrogens with zero attached hydrogens (tertiary/aromatic N) is 2. The molecule has 2 rings (SSSR count). The molecule has 4 heteroatoms. The largest absolute Gasteiger partial charge is 0.393 e. The van der Waals surface area contributed by atoms with Crippen molar-refractivity contribution in [2.45, 2.75) is 37.8 Å². The standard InChI is InChI=1S/C10H20N2OS/c13-10-3-6-11(7-4-10)9-2-1-5-12(14)8-9/h9-10,13-14H,1-8H2. The third-order valence-electron chi connectivity index (χ3n) is 3.39. The summed E-state index contributed by atoms with van der Waals surface area (Å²) in [4.78, 5) is 2.52. The Labute approximate surface area is 91.6 Å². The van der Waals surface area contributed by atoms with Crippen LogP contribution in [0.25, 0.3) is 0 Å². The molecule has 2 saturated heterocycles. The molecule has 0 aliphatic carbocycles. The first-order valence-electron chi connectivity index (χ1n) is 5.61. The number of piperidine rings is 2. The Morgan fingerprint density at radius 1 is 1.07 bits per heavy atom. The second-order valence-corrected chi connectivity index (χ2v) is 5.04. The average Bonchev–Trinajstić information content (AvgIpc) is 2.19. The van der Waals surface area contributed by atoms with Gasteiger partial charge in [-0.25, -0.2) is 0 Å². The SMILES string of the molecule is OC1CCN(C2CCCN(S)C2)CC1. The van der Waals surface area contributed by atoms with Crippen LogP contribution in [0.3, 0.4) is 0 Å². The van der Waals surface area contributed by atoms with Crippen LogP contribution in [0.1, 0.15) is 25.7 Å². The number of hydrogen-bond donors (Lipinski definition) is 2. The quantitative estimate of drug-likeness (QED) is 0.633. The summed E-state index contributed by atoms with van der Waals surface area (Å²) in [6.45, 7) is 4.33. The maximum atomic E-state index is 9.43. The van der Waals surface area contributed by atoms with E-state index in [1.807, 2.05) is 0 Å². The van der Waals surface area contributed by atoms with Crippen LogP contribution in [0.5, 0.6) is 0 Å². The van der Waals surface area contributed by atoms with E-state index in [9.17, 15) is 5.11 Å². The molecule has 1 atom stereocenters. The summed E-state index contributed by atoms with van der Waals surface area (Å²) in [5.74, 6) is 0. The van der Waals surface area contributed by atoms with Gasteiger partial charge in [-0.15, -0.1) is 0 Å². The highest BCUT2D eigenvalue weighted by molar-refractivity contribution is 7.77. The van der Waals surface area contributed by atoms with Gasteiger partial charge in [0.25, 0.3) is 0 Å². The molecule has 1 unspecified atom stereocenters. The van der Waals surface area contributed by atoms with Crippen molar-refractivity contribution >= 4 is 12.8 Å². The van der Waals surface area contributed by atoms with Gasteiger partial charge >= 0.3 is 0 Å². The summed E-state index contributed by atoms with van der Waals surface area (Å²) < 4.78 is 2.12. The molecule has 14 heavy (non-hydrogen) atoms. The van der Waals surface area contributed by atoms with Crippen molar-refractivity contribution in [1.82, 2.24) is 9.21 Å². The number of thiol groups is 1. The van der Waals surface area contributed by atoms with Crippen molar-refractivity contribution in [2.75, 3.05) is 26.2 Å². The van der Waals surface area contributed by atoms with Gasteiger partial charge in [0.15, 0.2) is 0 Å². The van der Waals surface area contributed by atoms with E-state index in [1.165, 1.54) is 12.8 Å². The molecule has 0 bridgehead atoms. The van der Waals surface area contributed by atoms with Crippen LogP contribution in [0.2, 0.25) is 0 Å². The minimum Gasteiger partial charge on any atom is -0.393 e. The molecule has 2 aliphatic rings. The van der Waals surface area contributed by atoms with Gasteiger partial charge in [-0.05, 0) is 25.7 Å². The van der Waals surface area contributed by atoms with E-state index in [2.05, 4.69) is 22.0 Å². The van der Waals surface area contributed by atoms with Crippen LogP contribution in [0, 0.1) is 0 Å². The first kappa shape index (κ1) is 10.7. The summed E-state index contributed by atoms with van der Waals surface area (Å²) >= 11 is 4.42. The van der Waals surface area contributed by atoms with Gasteiger partial charge < -0.3 is 5.11 Å². The maximum absolute atomic E-state index is 9.43. The zero-order chi connectivity index (χ0) is 9.97. The Balaban J connectivity index is 1.82. The predicted molar refractivity (Wildman–Crippen MR) is 60.4 cm³/mol. The highest BCUT2D eigenvalue weighted by Crippen LogP contribution is 2.20. The predicted octanol–water partition coefficient (Wildman–Crippen LogP) is 0.752. The molecular formula is C10H20N2OS. The molecule has 0 aromatic heterocycles. The van der Waals surface area contributed by atoms with E-state index < -0.39 is 0 Å². The van der Waals surface area contributed by atoms with Crippen molar-refractivity contribution in [2.24, 2.45) is 0 Å². The summed E-state index contributed by atoms with van der Waals surface area (Å²) in [5.41, 5.74) is 0. The van der Waals surface area contributed by atoms with Crippen molar-refractivity contribution in [3.63, 3.8) is 0 Å². The molecule has 2 aliphatic heterocycles. The first-order chi connectivity index (χ1) is 6.75. The monoisotopic (exact) mass is 216 g/mol. The second kappa shape index (κ2) is 4.84. The highest BCUT2D eigenvalue weighted by atomic mass is 32.1. The van der Waals surface area contributed by atoms with Gasteiger partial charge in [-0.3, -0.25) is 9.21 Å². The van der Waals surface area contributed by atoms with Crippen molar-refractivity contribution < 1.29 is 5.11 Å². The fraction of sp³-hybridized carbons (Fsp3) is 1.00. The van der Waals surface area contributed by atoms with Gasteiger partial charge in [-0.2, -0.15) is 0 Å². The Bertz CT molecular complexity index is 183. The number of rotatable bonds is 1. The van der Waals surface area contributed by atoms with Gasteiger partial charge in [0, 0.05) is 32.2 Å². The lowest BCUT2D eigenvalue weighted by Crippen LogP contribution is -2.49. The minimum absolute atomic E-state index is 0.0538. The highest BCUT2D eigenvalue weighted by Gasteiger charge is 2.27. The molecule has 0 amide bonds. The van der Waals surface area contributed by atoms with Gasteiger partial charge in [0.1, 0.15) is 0 Å². The molecule has 0 saturated carbocycles. The van der Waals surface area contributed by atoms with Gasteiger partial charge in [0.05, 0.1) is 6.10 Å². The summed E-state index contributed by atoms with van der Waals surface area (Å²) in [6.07, 6.45) is 4.40. The zero-order valence-electron chi connectivity index (χ0n) is 8.60. The molecular weight excluding hydrogens is 196 g/mol. The average molecular weight is 216 g/mol. The van der Waals surface area contributed by atoms with E-state index in [1.54, 1.807) is 0 Å². The van der Waals surface area contributed by atoms with Crippen LogP contribution >= 0.6 is 12.8 Å². The molecule has 2 fully saturated rings. The summed E-state index contributed by atoms with van der Waals surface area (Å²) in [6, 6.07) is 0.675. The molecule has 0 radical (unpaired) electrons. The number of hydrogen-bond acceptors (Lipinski definition) is 4. The topological polar surface area (TPSA) is 26.7 Å². The van der Waals surface area contributed by atoms with Crippen LogP contribution in [-0.2, 0) is 0 Å². The van der Waals surface area contributed by atoms with Crippen LogP contribution in [-0.4, -0.2) is 52.6 Å². The third-order valence-corrected chi connectivity index (χ3v) is 3.75. The van der Waals surface area contributed by atoms with E-state index in [0.717, 1.165) is 39.0 Å². The molecule has 0 aromatic rings. The lowest BCUT2D eigenvalue weighted by Gasteiger charge is -2.40. The van der Waals surface area contributed by atoms with E-state index >= 15 is 0 Å². The van der Waals surface area contributed by atoms with Gasteiger partial charge in [-0.1, -0.05) is 12.8 Å². The minimum atomic E-state index is -0.0538. The lowest BCUT2D eigenvalue weighted by atomic mass is 10.0. The van der Waals surface area contributed by atoms with Crippen LogP contribution in [0.15, 0.2) is 0 Å². The molecule has 1 N–H and O–H groups in total. The molecule has 3 nitrogen and oxygen atoms in total. The van der Waals surface area contributed by atoms with Crippen LogP contribution < -0.4 is 0 Å². The fourth-order valence-corrected chi connectivity index (χ4v) is 2.81. The second-order valence-electron chi connectivity index (χ2n) is 4.48. The third kappa shape index (κ3) is 2.63. The van der Waals surface area contributed by atoms with E-state index in [-0.39, 0.29) is 6.10 Å².